The van der Waals surface area contributed by atoms with Gasteiger partial charge in [0.25, 0.3) is 0 Å². The molecule has 2 saturated heterocycles. The lowest BCUT2D eigenvalue weighted by Gasteiger charge is -2.54. The summed E-state index contributed by atoms with van der Waals surface area (Å²) in [7, 11) is -2.19. The molecule has 0 spiro atoms. The Balaban J connectivity index is 1.89. The summed E-state index contributed by atoms with van der Waals surface area (Å²) in [5.41, 5.74) is -0.603. The first-order valence-electron chi connectivity index (χ1n) is 11.8. The van der Waals surface area contributed by atoms with Crippen LogP contribution >= 0.6 is 0 Å². The van der Waals surface area contributed by atoms with Gasteiger partial charge in [-0.2, -0.15) is 5.26 Å². The number of hydrogen-bond acceptors (Lipinski definition) is 7. The molecule has 8 atom stereocenters. The molecular weight excluding hydrogens is 414 g/mol. The Kier molecular flexibility index (Phi) is 5.89. The van der Waals surface area contributed by atoms with Gasteiger partial charge in [-0.05, 0) is 43.3 Å². The lowest BCUT2D eigenvalue weighted by atomic mass is 9.63. The van der Waals surface area contributed by atoms with E-state index in [1.807, 2.05) is 6.08 Å². The highest BCUT2D eigenvalue weighted by atomic mass is 28.4. The second-order valence-corrected chi connectivity index (χ2v) is 14.3. The Hall–Kier alpha value is -1.24. The normalized spacial score (nSPS) is 42.8. The maximum atomic E-state index is 12.7. The van der Waals surface area contributed by atoms with Gasteiger partial charge in [0.1, 0.15) is 0 Å². The van der Waals surface area contributed by atoms with Crippen LogP contribution in [0.4, 0.5) is 0 Å². The second kappa shape index (κ2) is 7.96. The van der Waals surface area contributed by atoms with Gasteiger partial charge >= 0.3 is 5.97 Å². The van der Waals surface area contributed by atoms with Crippen molar-refractivity contribution in [1.82, 2.24) is 0 Å². The van der Waals surface area contributed by atoms with Gasteiger partial charge in [0, 0.05) is 36.4 Å². The smallest absolute Gasteiger partial charge is 0.333 e. The van der Waals surface area contributed by atoms with E-state index in [0.717, 1.165) is 18.1 Å². The number of hydrogen-bond donors (Lipinski definition) is 2. The Bertz CT molecular complexity index is 798. The topological polar surface area (TPSA) is 109 Å². The number of rotatable bonds is 8. The molecule has 0 aromatic rings. The molecule has 5 aliphatic rings. The standard InChI is InChI=1S/C23H35NO6Si/c1-5-28-21(27)14-9-17-15-11-22(13-24)19(16(15)12-25)20(18(26)10-14)23(17,29-22)30-31(6-2,7-3)8-4/h9,15-20,25-26H,5-8,10-12H2,1-4H3/t15-,16-,17+,18+,19+,20-,22-,23+/m0/s1. The minimum absolute atomic E-state index is 0.0355. The zero-order chi connectivity index (χ0) is 22.6. The molecule has 0 aromatic carbocycles. The molecule has 31 heavy (non-hydrogen) atoms. The number of nitrogens with zero attached hydrogens (tertiary/aromatic N) is 1. The Morgan fingerprint density at radius 3 is 2.52 bits per heavy atom. The minimum atomic E-state index is -2.19. The van der Waals surface area contributed by atoms with Crippen molar-refractivity contribution in [2.45, 2.75) is 76.2 Å². The molecule has 172 valence electrons. The molecule has 0 unspecified atom stereocenters. The average molecular weight is 450 g/mol. The van der Waals surface area contributed by atoms with Crippen LogP contribution in [0.3, 0.4) is 0 Å². The number of carbonyl (C=O) groups is 1. The van der Waals surface area contributed by atoms with E-state index in [-0.39, 0.29) is 43.3 Å². The molecule has 3 aliphatic carbocycles. The second-order valence-electron chi connectivity index (χ2n) is 9.65. The van der Waals surface area contributed by atoms with Crippen LogP contribution in [-0.2, 0) is 18.7 Å². The van der Waals surface area contributed by atoms with Crippen LogP contribution in [0.1, 0.15) is 40.5 Å². The fraction of sp³-hybridized carbons (Fsp3) is 0.826. The van der Waals surface area contributed by atoms with Gasteiger partial charge in [-0.15, -0.1) is 0 Å². The summed E-state index contributed by atoms with van der Waals surface area (Å²) in [6.45, 7) is 8.38. The van der Waals surface area contributed by atoms with Crippen LogP contribution < -0.4 is 0 Å². The van der Waals surface area contributed by atoms with Crippen LogP contribution in [-0.4, -0.2) is 55.2 Å². The predicted molar refractivity (Wildman–Crippen MR) is 115 cm³/mol. The summed E-state index contributed by atoms with van der Waals surface area (Å²) in [5, 5.41) is 31.9. The van der Waals surface area contributed by atoms with E-state index in [1.54, 1.807) is 6.92 Å². The van der Waals surface area contributed by atoms with Crippen molar-refractivity contribution in [1.29, 1.82) is 5.26 Å². The first-order valence-corrected chi connectivity index (χ1v) is 14.3. The van der Waals surface area contributed by atoms with Crippen LogP contribution in [0.5, 0.6) is 0 Å². The van der Waals surface area contributed by atoms with Crippen molar-refractivity contribution in [3.8, 4) is 6.07 Å². The van der Waals surface area contributed by atoms with Crippen LogP contribution in [0, 0.1) is 40.9 Å². The summed E-state index contributed by atoms with van der Waals surface area (Å²) in [4.78, 5) is 12.7. The molecule has 2 heterocycles. The summed E-state index contributed by atoms with van der Waals surface area (Å²) < 4.78 is 19.0. The highest BCUT2D eigenvalue weighted by Crippen LogP contribution is 2.72. The van der Waals surface area contributed by atoms with Crippen molar-refractivity contribution >= 4 is 14.3 Å². The summed E-state index contributed by atoms with van der Waals surface area (Å²) in [6.07, 6.45) is 1.61. The fourth-order valence-electron chi connectivity index (χ4n) is 7.11. The maximum absolute atomic E-state index is 12.7. The van der Waals surface area contributed by atoms with E-state index in [0.29, 0.717) is 12.0 Å². The van der Waals surface area contributed by atoms with Crippen LogP contribution in [0.25, 0.3) is 0 Å². The summed E-state index contributed by atoms with van der Waals surface area (Å²) in [5.74, 6) is -2.83. The molecule has 0 amide bonds. The molecule has 5 rings (SSSR count). The van der Waals surface area contributed by atoms with Gasteiger partial charge in [-0.3, -0.25) is 0 Å². The van der Waals surface area contributed by atoms with E-state index >= 15 is 0 Å². The van der Waals surface area contributed by atoms with E-state index in [1.165, 1.54) is 0 Å². The summed E-state index contributed by atoms with van der Waals surface area (Å²) >= 11 is 0. The third-order valence-electron chi connectivity index (χ3n) is 8.68. The molecule has 2 saturated carbocycles. The zero-order valence-electron chi connectivity index (χ0n) is 19.0. The van der Waals surface area contributed by atoms with Gasteiger partial charge in [0.2, 0.25) is 0 Å². The van der Waals surface area contributed by atoms with Crippen molar-refractivity contribution in [2.24, 2.45) is 29.6 Å². The maximum Gasteiger partial charge on any atom is 0.333 e. The van der Waals surface area contributed by atoms with Crippen molar-refractivity contribution in [3.63, 3.8) is 0 Å². The number of carbonyl (C=O) groups excluding carboxylic acids is 1. The number of nitriles is 1. The summed E-state index contributed by atoms with van der Waals surface area (Å²) in [6, 6.07) is 5.15. The first kappa shape index (κ1) is 22.9. The number of aliphatic hydroxyl groups is 2. The molecule has 2 N–H and O–H groups in total. The van der Waals surface area contributed by atoms with Gasteiger partial charge in [0.05, 0.1) is 18.8 Å². The fourth-order valence-corrected chi connectivity index (χ4v) is 10.0. The molecule has 7 nitrogen and oxygen atoms in total. The third kappa shape index (κ3) is 3.01. The molecular formula is C23H35NO6Si. The first-order chi connectivity index (χ1) is 14.8. The van der Waals surface area contributed by atoms with Crippen molar-refractivity contribution in [3.05, 3.63) is 11.6 Å². The Morgan fingerprint density at radius 1 is 1.29 bits per heavy atom. The zero-order valence-corrected chi connectivity index (χ0v) is 20.0. The molecule has 2 aliphatic heterocycles. The van der Waals surface area contributed by atoms with Crippen molar-refractivity contribution < 1.29 is 28.9 Å². The number of aliphatic hydroxyl groups excluding tert-OH is 2. The van der Waals surface area contributed by atoms with E-state index in [4.69, 9.17) is 13.9 Å². The van der Waals surface area contributed by atoms with Crippen molar-refractivity contribution in [2.75, 3.05) is 13.2 Å². The van der Waals surface area contributed by atoms with E-state index in [9.17, 15) is 20.3 Å². The number of esters is 1. The Morgan fingerprint density at radius 2 is 1.97 bits per heavy atom. The minimum Gasteiger partial charge on any atom is -0.463 e. The van der Waals surface area contributed by atoms with Gasteiger partial charge < -0.3 is 24.1 Å². The van der Waals surface area contributed by atoms with Crippen LogP contribution in [0.15, 0.2) is 11.6 Å². The number of ether oxygens (including phenoxy) is 2. The molecule has 6 bridgehead atoms. The lowest BCUT2D eigenvalue weighted by molar-refractivity contribution is -0.282. The van der Waals surface area contributed by atoms with Gasteiger partial charge in [-0.25, -0.2) is 4.79 Å². The third-order valence-corrected chi connectivity index (χ3v) is 13.3. The molecule has 4 fully saturated rings. The molecule has 0 aromatic heterocycles. The van der Waals surface area contributed by atoms with E-state index < -0.39 is 37.7 Å². The molecule has 8 heteroatoms. The average Bonchev–Trinajstić information content (AvgIpc) is 3.13. The van der Waals surface area contributed by atoms with E-state index in [2.05, 4.69) is 26.8 Å². The highest BCUT2D eigenvalue weighted by Gasteiger charge is 2.80. The van der Waals surface area contributed by atoms with Crippen LogP contribution in [0.2, 0.25) is 18.1 Å². The molecule has 0 radical (unpaired) electrons. The quantitative estimate of drug-likeness (QED) is 0.433. The largest absolute Gasteiger partial charge is 0.463 e. The SMILES string of the molecule is CCOC(=O)C1=C[C@@H]2[C@H]3C[C@@]4(C#N)O[C@]2(O[Si](CC)(CC)CC)[C@H]([C@H]4[C@H]3CO)[C@H](O)C1. The monoisotopic (exact) mass is 449 g/mol. The highest BCUT2D eigenvalue weighted by molar-refractivity contribution is 6.73. The van der Waals surface area contributed by atoms with Gasteiger partial charge in [0.15, 0.2) is 19.7 Å². The lowest BCUT2D eigenvalue weighted by Crippen LogP contribution is -2.62. The predicted octanol–water partition coefficient (Wildman–Crippen LogP) is 2.74. The Labute approximate surface area is 185 Å². The van der Waals surface area contributed by atoms with Gasteiger partial charge in [-0.1, -0.05) is 26.8 Å².